The standard InChI is InChI=1S/C15H13IO2S/c16-15-8-6-13(7-9-15)10-11-19(17,18)12-14-4-2-1-3-5-14/h1-11H,12H2/b11-10+. The first kappa shape index (κ1) is 14.3. The predicted molar refractivity (Wildman–Crippen MR) is 87.3 cm³/mol. The fourth-order valence-corrected chi connectivity index (χ4v) is 3.09. The smallest absolute Gasteiger partial charge is 0.175 e. The molecule has 2 aromatic rings. The zero-order chi connectivity index (χ0) is 13.7. The molecular weight excluding hydrogens is 371 g/mol. The molecule has 0 radical (unpaired) electrons. The molecule has 19 heavy (non-hydrogen) atoms. The molecular formula is C15H13IO2S. The molecule has 2 nitrogen and oxygen atoms in total. The Balaban J connectivity index is 2.11. The predicted octanol–water partition coefficient (Wildman–Crippen LogP) is 3.88. The van der Waals surface area contributed by atoms with Gasteiger partial charge in [-0.25, -0.2) is 8.42 Å². The first-order valence-electron chi connectivity index (χ1n) is 5.75. The third-order valence-corrected chi connectivity index (χ3v) is 4.55. The van der Waals surface area contributed by atoms with Crippen molar-refractivity contribution in [3.8, 4) is 0 Å². The van der Waals surface area contributed by atoms with Gasteiger partial charge in [-0.15, -0.1) is 0 Å². The molecule has 0 atom stereocenters. The average molecular weight is 384 g/mol. The van der Waals surface area contributed by atoms with Gasteiger partial charge < -0.3 is 0 Å². The van der Waals surface area contributed by atoms with E-state index < -0.39 is 9.84 Å². The van der Waals surface area contributed by atoms with Crippen molar-refractivity contribution in [3.63, 3.8) is 0 Å². The van der Waals surface area contributed by atoms with Crippen molar-refractivity contribution < 1.29 is 8.42 Å². The zero-order valence-corrected chi connectivity index (χ0v) is 13.1. The molecule has 0 saturated heterocycles. The van der Waals surface area contributed by atoms with E-state index in [2.05, 4.69) is 22.6 Å². The Morgan fingerprint density at radius 1 is 0.947 bits per heavy atom. The molecule has 0 bridgehead atoms. The van der Waals surface area contributed by atoms with Gasteiger partial charge in [0.15, 0.2) is 9.84 Å². The molecule has 0 heterocycles. The molecule has 2 rings (SSSR count). The Morgan fingerprint density at radius 3 is 2.21 bits per heavy atom. The van der Waals surface area contributed by atoms with Gasteiger partial charge >= 0.3 is 0 Å². The van der Waals surface area contributed by atoms with Gasteiger partial charge in [0.1, 0.15) is 0 Å². The molecule has 0 N–H and O–H groups in total. The summed E-state index contributed by atoms with van der Waals surface area (Å²) < 4.78 is 25.0. The normalized spacial score (nSPS) is 11.8. The molecule has 0 aliphatic carbocycles. The highest BCUT2D eigenvalue weighted by molar-refractivity contribution is 14.1. The largest absolute Gasteiger partial charge is 0.224 e. The van der Waals surface area contributed by atoms with Gasteiger partial charge in [0.25, 0.3) is 0 Å². The number of halogens is 1. The minimum absolute atomic E-state index is 0.0364. The summed E-state index contributed by atoms with van der Waals surface area (Å²) in [5, 5.41) is 1.28. The number of sulfone groups is 1. The van der Waals surface area contributed by atoms with E-state index in [1.54, 1.807) is 6.08 Å². The molecule has 0 unspecified atom stereocenters. The van der Waals surface area contributed by atoms with Crippen molar-refractivity contribution in [2.24, 2.45) is 0 Å². The van der Waals surface area contributed by atoms with E-state index >= 15 is 0 Å². The van der Waals surface area contributed by atoms with Crippen LogP contribution in [-0.4, -0.2) is 8.42 Å². The number of rotatable bonds is 4. The van der Waals surface area contributed by atoms with E-state index in [0.29, 0.717) is 0 Å². The summed E-state index contributed by atoms with van der Waals surface area (Å²) in [7, 11) is -3.23. The van der Waals surface area contributed by atoms with Crippen LogP contribution in [0.1, 0.15) is 11.1 Å². The van der Waals surface area contributed by atoms with Crippen LogP contribution in [0.4, 0.5) is 0 Å². The zero-order valence-electron chi connectivity index (χ0n) is 10.2. The van der Waals surface area contributed by atoms with Gasteiger partial charge in [-0.2, -0.15) is 0 Å². The van der Waals surface area contributed by atoms with Gasteiger partial charge in [0, 0.05) is 8.98 Å². The van der Waals surface area contributed by atoms with Crippen molar-refractivity contribution in [1.82, 2.24) is 0 Å². The summed E-state index contributed by atoms with van der Waals surface area (Å²) in [5.41, 5.74) is 1.69. The second-order valence-electron chi connectivity index (χ2n) is 4.15. The Bertz CT molecular complexity index is 659. The van der Waals surface area contributed by atoms with Crippen LogP contribution in [0.25, 0.3) is 6.08 Å². The maximum Gasteiger partial charge on any atom is 0.175 e. The Hall–Kier alpha value is -1.14. The molecule has 0 amide bonds. The number of hydrogen-bond acceptors (Lipinski definition) is 2. The summed E-state index contributed by atoms with van der Waals surface area (Å²) >= 11 is 2.21. The SMILES string of the molecule is O=S(=O)(/C=C/c1ccc(I)cc1)Cc1ccccc1. The molecule has 98 valence electrons. The maximum atomic E-state index is 12.0. The van der Waals surface area contributed by atoms with E-state index in [-0.39, 0.29) is 5.75 Å². The third-order valence-electron chi connectivity index (χ3n) is 2.55. The minimum atomic E-state index is -3.23. The highest BCUT2D eigenvalue weighted by Gasteiger charge is 2.06. The average Bonchev–Trinajstić information content (AvgIpc) is 2.39. The van der Waals surface area contributed by atoms with Crippen LogP contribution >= 0.6 is 22.6 Å². The summed E-state index contributed by atoms with van der Waals surface area (Å²) in [4.78, 5) is 0. The minimum Gasteiger partial charge on any atom is -0.224 e. The van der Waals surface area contributed by atoms with Crippen LogP contribution in [0.5, 0.6) is 0 Å². The lowest BCUT2D eigenvalue weighted by atomic mass is 10.2. The summed E-state index contributed by atoms with van der Waals surface area (Å²) in [6.45, 7) is 0. The van der Waals surface area contributed by atoms with E-state index in [0.717, 1.165) is 14.7 Å². The molecule has 4 heteroatoms. The molecule has 0 spiro atoms. The molecule has 0 aromatic heterocycles. The first-order chi connectivity index (χ1) is 9.05. The van der Waals surface area contributed by atoms with Crippen LogP contribution in [-0.2, 0) is 15.6 Å². The molecule has 2 aromatic carbocycles. The first-order valence-corrected chi connectivity index (χ1v) is 8.55. The van der Waals surface area contributed by atoms with Gasteiger partial charge in [0.05, 0.1) is 5.75 Å². The fourth-order valence-electron chi connectivity index (χ4n) is 1.61. The maximum absolute atomic E-state index is 12.0. The van der Waals surface area contributed by atoms with E-state index in [1.165, 1.54) is 5.41 Å². The van der Waals surface area contributed by atoms with Crippen molar-refractivity contribution in [1.29, 1.82) is 0 Å². The topological polar surface area (TPSA) is 34.1 Å². The van der Waals surface area contributed by atoms with E-state index in [9.17, 15) is 8.42 Å². The Labute approximate surface area is 127 Å². The van der Waals surface area contributed by atoms with Crippen molar-refractivity contribution in [2.75, 3.05) is 0 Å². The van der Waals surface area contributed by atoms with Gasteiger partial charge in [0.2, 0.25) is 0 Å². The quantitative estimate of drug-likeness (QED) is 0.750. The highest BCUT2D eigenvalue weighted by atomic mass is 127. The van der Waals surface area contributed by atoms with E-state index in [1.807, 2.05) is 54.6 Å². The third kappa shape index (κ3) is 4.80. The van der Waals surface area contributed by atoms with Crippen LogP contribution in [0.15, 0.2) is 60.0 Å². The lowest BCUT2D eigenvalue weighted by Gasteiger charge is -1.99. The van der Waals surface area contributed by atoms with Crippen LogP contribution in [0, 0.1) is 3.57 Å². The van der Waals surface area contributed by atoms with Crippen molar-refractivity contribution in [2.45, 2.75) is 5.75 Å². The summed E-state index contributed by atoms with van der Waals surface area (Å²) in [6, 6.07) is 16.9. The monoisotopic (exact) mass is 384 g/mol. The lowest BCUT2D eigenvalue weighted by molar-refractivity contribution is 0.604. The van der Waals surface area contributed by atoms with Crippen LogP contribution in [0.3, 0.4) is 0 Å². The molecule has 0 saturated carbocycles. The number of hydrogen-bond donors (Lipinski definition) is 0. The van der Waals surface area contributed by atoms with Gasteiger partial charge in [-0.1, -0.05) is 42.5 Å². The van der Waals surface area contributed by atoms with Gasteiger partial charge in [-0.3, -0.25) is 0 Å². The Kier molecular flexibility index (Phi) is 4.76. The molecule has 0 aliphatic rings. The summed E-state index contributed by atoms with van der Waals surface area (Å²) in [6.07, 6.45) is 1.63. The molecule has 0 fully saturated rings. The van der Waals surface area contributed by atoms with Crippen LogP contribution < -0.4 is 0 Å². The molecule has 0 aliphatic heterocycles. The number of benzene rings is 2. The second-order valence-corrected chi connectivity index (χ2v) is 7.28. The van der Waals surface area contributed by atoms with E-state index in [4.69, 9.17) is 0 Å². The highest BCUT2D eigenvalue weighted by Crippen LogP contribution is 2.11. The van der Waals surface area contributed by atoms with Crippen molar-refractivity contribution in [3.05, 3.63) is 74.7 Å². The lowest BCUT2D eigenvalue weighted by Crippen LogP contribution is -1.99. The summed E-state index contributed by atoms with van der Waals surface area (Å²) in [5.74, 6) is 0.0364. The van der Waals surface area contributed by atoms with Gasteiger partial charge in [-0.05, 0) is 51.9 Å². The fraction of sp³-hybridized carbons (Fsp3) is 0.0667. The Morgan fingerprint density at radius 2 is 1.58 bits per heavy atom. The van der Waals surface area contributed by atoms with Crippen molar-refractivity contribution >= 4 is 38.5 Å². The second kappa shape index (κ2) is 6.34. The van der Waals surface area contributed by atoms with Crippen LogP contribution in [0.2, 0.25) is 0 Å².